The molecule has 0 saturated heterocycles. The Kier molecular flexibility index (Phi) is 1.16. The van der Waals surface area contributed by atoms with Crippen LogP contribution in [-0.4, -0.2) is 5.24 Å². The zero-order valence-corrected chi connectivity index (χ0v) is 7.86. The van der Waals surface area contributed by atoms with Crippen LogP contribution in [0.5, 0.6) is 0 Å². The van der Waals surface area contributed by atoms with Crippen LogP contribution in [0.15, 0.2) is 0 Å². The van der Waals surface area contributed by atoms with Gasteiger partial charge in [-0.1, -0.05) is 12.8 Å². The van der Waals surface area contributed by atoms with Gasteiger partial charge in [-0.25, -0.2) is 0 Å². The van der Waals surface area contributed by atoms with Crippen molar-refractivity contribution in [3.8, 4) is 0 Å². The maximum Gasteiger partial charge on any atom is 0.228 e. The fourth-order valence-corrected chi connectivity index (χ4v) is 4.27. The Balaban J connectivity index is 1.99. The largest absolute Gasteiger partial charge is 0.281 e. The van der Waals surface area contributed by atoms with Gasteiger partial charge in [0.1, 0.15) is 0 Å². The van der Waals surface area contributed by atoms with Gasteiger partial charge in [0.05, 0.1) is 5.41 Å². The number of fused-ring (bicyclic) bond motifs is 1. The number of hydrogen-bond donors (Lipinski definition) is 0. The molecular weight excluding hydrogens is 172 g/mol. The standard InChI is InChI=1S/C10H13ClO/c11-8(12)10-5-7-2-1-3-9(10,4-7)6-10/h7H,1-6H2. The molecule has 3 fully saturated rings. The van der Waals surface area contributed by atoms with Gasteiger partial charge in [-0.3, -0.25) is 4.79 Å². The van der Waals surface area contributed by atoms with Crippen LogP contribution in [0.3, 0.4) is 0 Å². The molecule has 0 heterocycles. The molecule has 1 nitrogen and oxygen atoms in total. The Morgan fingerprint density at radius 1 is 1.42 bits per heavy atom. The molecule has 0 aliphatic heterocycles. The van der Waals surface area contributed by atoms with Crippen molar-refractivity contribution in [1.29, 1.82) is 0 Å². The molecule has 0 amide bonds. The van der Waals surface area contributed by atoms with E-state index in [4.69, 9.17) is 11.6 Å². The highest BCUT2D eigenvalue weighted by molar-refractivity contribution is 6.65. The highest BCUT2D eigenvalue weighted by atomic mass is 35.5. The van der Waals surface area contributed by atoms with Crippen LogP contribution < -0.4 is 0 Å². The van der Waals surface area contributed by atoms with Gasteiger partial charge in [-0.2, -0.15) is 0 Å². The maximum absolute atomic E-state index is 11.3. The summed E-state index contributed by atoms with van der Waals surface area (Å²) < 4.78 is 0. The number of rotatable bonds is 1. The molecule has 2 bridgehead atoms. The van der Waals surface area contributed by atoms with Gasteiger partial charge in [0.2, 0.25) is 5.24 Å². The first-order valence-electron chi connectivity index (χ1n) is 4.89. The van der Waals surface area contributed by atoms with E-state index in [1.807, 2.05) is 0 Å². The predicted octanol–water partition coefficient (Wildman–Crippen LogP) is 2.72. The fourth-order valence-electron chi connectivity index (χ4n) is 3.93. The number of halogens is 1. The van der Waals surface area contributed by atoms with Crippen molar-refractivity contribution in [1.82, 2.24) is 0 Å². The fraction of sp³-hybridized carbons (Fsp3) is 0.900. The maximum atomic E-state index is 11.3. The monoisotopic (exact) mass is 184 g/mol. The first-order chi connectivity index (χ1) is 5.69. The van der Waals surface area contributed by atoms with E-state index in [9.17, 15) is 4.79 Å². The minimum absolute atomic E-state index is 0.0320. The molecule has 0 N–H and O–H groups in total. The summed E-state index contributed by atoms with van der Waals surface area (Å²) in [5, 5.41) is -0.0353. The van der Waals surface area contributed by atoms with E-state index in [2.05, 4.69) is 0 Å². The quantitative estimate of drug-likeness (QED) is 0.573. The molecule has 0 radical (unpaired) electrons. The van der Waals surface area contributed by atoms with Crippen molar-refractivity contribution in [2.24, 2.45) is 16.7 Å². The van der Waals surface area contributed by atoms with Gasteiger partial charge in [-0.15, -0.1) is 0 Å². The van der Waals surface area contributed by atoms with Gasteiger partial charge in [0.25, 0.3) is 0 Å². The molecule has 3 unspecified atom stereocenters. The number of carbonyl (C=O) groups is 1. The van der Waals surface area contributed by atoms with E-state index >= 15 is 0 Å². The predicted molar refractivity (Wildman–Crippen MR) is 46.9 cm³/mol. The SMILES string of the molecule is O=C(Cl)C12CC3CCCC1(C3)C2. The highest BCUT2D eigenvalue weighted by Crippen LogP contribution is 2.79. The minimum atomic E-state index is -0.0353. The van der Waals surface area contributed by atoms with E-state index < -0.39 is 0 Å². The summed E-state index contributed by atoms with van der Waals surface area (Å²) >= 11 is 5.69. The molecule has 2 heteroatoms. The van der Waals surface area contributed by atoms with Gasteiger partial charge in [0.15, 0.2) is 0 Å². The molecular formula is C10H13ClO. The summed E-state index contributed by atoms with van der Waals surface area (Å²) in [6, 6.07) is 0. The normalized spacial score (nSPS) is 54.9. The second-order valence-electron chi connectivity index (χ2n) is 4.98. The van der Waals surface area contributed by atoms with Crippen LogP contribution in [-0.2, 0) is 4.79 Å². The zero-order chi connectivity index (χ0) is 8.40. The summed E-state index contributed by atoms with van der Waals surface area (Å²) in [7, 11) is 0. The molecule has 1 spiro atoms. The van der Waals surface area contributed by atoms with E-state index in [-0.39, 0.29) is 10.7 Å². The lowest BCUT2D eigenvalue weighted by Crippen LogP contribution is -2.14. The molecule has 66 valence electrons. The first-order valence-corrected chi connectivity index (χ1v) is 5.26. The van der Waals surface area contributed by atoms with Crippen LogP contribution in [0.4, 0.5) is 0 Å². The average molecular weight is 185 g/mol. The van der Waals surface area contributed by atoms with Crippen LogP contribution in [0.25, 0.3) is 0 Å². The minimum Gasteiger partial charge on any atom is -0.281 e. The molecule has 3 aliphatic carbocycles. The number of carbonyl (C=O) groups excluding carboxylic acids is 1. The van der Waals surface area contributed by atoms with Gasteiger partial charge < -0.3 is 0 Å². The van der Waals surface area contributed by atoms with Gasteiger partial charge >= 0.3 is 0 Å². The lowest BCUT2D eigenvalue weighted by atomic mass is 9.83. The third kappa shape index (κ3) is 0.618. The second kappa shape index (κ2) is 1.89. The van der Waals surface area contributed by atoms with E-state index in [1.165, 1.54) is 25.7 Å². The molecule has 3 saturated carbocycles. The van der Waals surface area contributed by atoms with E-state index in [0.29, 0.717) is 5.41 Å². The summed E-state index contributed by atoms with van der Waals surface area (Å²) in [4.78, 5) is 11.3. The summed E-state index contributed by atoms with van der Waals surface area (Å²) in [6.45, 7) is 0. The lowest BCUT2D eigenvalue weighted by Gasteiger charge is -2.22. The molecule has 0 aromatic rings. The Hall–Kier alpha value is -0.0400. The molecule has 3 atom stereocenters. The molecule has 12 heavy (non-hydrogen) atoms. The molecule has 3 aliphatic rings. The highest BCUT2D eigenvalue weighted by Gasteiger charge is 2.75. The Bertz CT molecular complexity index is 263. The molecule has 3 rings (SSSR count). The number of hydrogen-bond acceptors (Lipinski definition) is 1. The molecule has 0 aromatic carbocycles. The van der Waals surface area contributed by atoms with Crippen molar-refractivity contribution in [2.45, 2.75) is 38.5 Å². The van der Waals surface area contributed by atoms with Crippen LogP contribution in [0.1, 0.15) is 38.5 Å². The Morgan fingerprint density at radius 2 is 2.25 bits per heavy atom. The first kappa shape index (κ1) is 7.37. The smallest absolute Gasteiger partial charge is 0.228 e. The van der Waals surface area contributed by atoms with Crippen molar-refractivity contribution in [2.75, 3.05) is 0 Å². The third-order valence-corrected chi connectivity index (χ3v) is 4.85. The van der Waals surface area contributed by atoms with E-state index in [0.717, 1.165) is 18.8 Å². The molecule has 0 aromatic heterocycles. The second-order valence-corrected chi connectivity index (χ2v) is 5.32. The third-order valence-electron chi connectivity index (χ3n) is 4.49. The van der Waals surface area contributed by atoms with Gasteiger partial charge in [0, 0.05) is 0 Å². The van der Waals surface area contributed by atoms with Crippen molar-refractivity contribution in [3.63, 3.8) is 0 Å². The lowest BCUT2D eigenvalue weighted by molar-refractivity contribution is -0.117. The average Bonchev–Trinajstić information content (AvgIpc) is 2.52. The summed E-state index contributed by atoms with van der Waals surface area (Å²) in [5.74, 6) is 0.829. The van der Waals surface area contributed by atoms with E-state index in [1.54, 1.807) is 0 Å². The van der Waals surface area contributed by atoms with Crippen LogP contribution in [0.2, 0.25) is 0 Å². The Labute approximate surface area is 77.5 Å². The van der Waals surface area contributed by atoms with Crippen LogP contribution >= 0.6 is 11.6 Å². The zero-order valence-electron chi connectivity index (χ0n) is 7.11. The van der Waals surface area contributed by atoms with Gasteiger partial charge in [-0.05, 0) is 48.6 Å². The van der Waals surface area contributed by atoms with Crippen LogP contribution in [0, 0.1) is 16.7 Å². The Morgan fingerprint density at radius 3 is 2.92 bits per heavy atom. The van der Waals surface area contributed by atoms with Crippen molar-refractivity contribution in [3.05, 3.63) is 0 Å². The van der Waals surface area contributed by atoms with Crippen molar-refractivity contribution < 1.29 is 4.79 Å². The topological polar surface area (TPSA) is 17.1 Å². The van der Waals surface area contributed by atoms with Crippen molar-refractivity contribution >= 4 is 16.8 Å². The summed E-state index contributed by atoms with van der Waals surface area (Å²) in [6.07, 6.45) is 7.45. The summed E-state index contributed by atoms with van der Waals surface area (Å²) in [5.41, 5.74) is 0.366.